The Bertz CT molecular complexity index is 1320. The van der Waals surface area contributed by atoms with E-state index in [4.69, 9.17) is 14.5 Å². The van der Waals surface area contributed by atoms with Gasteiger partial charge in [0.15, 0.2) is 0 Å². The van der Waals surface area contributed by atoms with Gasteiger partial charge in [-0.2, -0.15) is 0 Å². The Morgan fingerprint density at radius 2 is 0.750 bits per heavy atom. The Morgan fingerprint density at radius 3 is 1.10 bits per heavy atom. The first kappa shape index (κ1) is 27.4. The maximum atomic E-state index is 11.2. The number of aromatic nitrogens is 1. The van der Waals surface area contributed by atoms with Gasteiger partial charge in [-0.05, 0) is 34.4 Å². The minimum atomic E-state index is -0.832. The molecule has 0 radical (unpaired) electrons. The van der Waals surface area contributed by atoms with Gasteiger partial charge in [0.2, 0.25) is 0 Å². The van der Waals surface area contributed by atoms with Crippen LogP contribution in [0.2, 0.25) is 0 Å². The predicted octanol–water partition coefficient (Wildman–Crippen LogP) is 7.06. The highest BCUT2D eigenvalue weighted by atomic mass is 16.5. The number of hydrogen-bond acceptors (Lipinski definition) is 5. The van der Waals surface area contributed by atoms with Gasteiger partial charge in [0, 0.05) is 0 Å². The maximum Gasteiger partial charge on any atom is 0.113 e. The fraction of sp³-hybridized carbons (Fsp3) is 0.171. The number of benzene rings is 4. The fourth-order valence-electron chi connectivity index (χ4n) is 4.72. The highest BCUT2D eigenvalue weighted by Crippen LogP contribution is 2.34. The molecule has 5 rings (SSSR count). The molecule has 0 aliphatic rings. The number of aliphatic hydroxyl groups excluding tert-OH is 2. The molecule has 0 saturated heterocycles. The van der Waals surface area contributed by atoms with Gasteiger partial charge in [-0.3, -0.25) is 4.98 Å². The highest BCUT2D eigenvalue weighted by Gasteiger charge is 2.25. The molecular formula is C35H33NO4. The number of rotatable bonds is 12. The summed E-state index contributed by atoms with van der Waals surface area (Å²) >= 11 is 0. The number of pyridine rings is 1. The molecule has 0 fully saturated rings. The Kier molecular flexibility index (Phi) is 9.46. The van der Waals surface area contributed by atoms with Crippen molar-refractivity contribution in [1.82, 2.24) is 4.98 Å². The van der Waals surface area contributed by atoms with Crippen molar-refractivity contribution in [3.63, 3.8) is 0 Å². The van der Waals surface area contributed by atoms with Crippen LogP contribution in [0.25, 0.3) is 0 Å². The Hall–Kier alpha value is -4.13. The van der Waals surface area contributed by atoms with Gasteiger partial charge >= 0.3 is 0 Å². The number of hydrogen-bond donors (Lipinski definition) is 2. The molecular weight excluding hydrogens is 498 g/mol. The molecule has 5 heteroatoms. The van der Waals surface area contributed by atoms with Crippen molar-refractivity contribution in [3.05, 3.63) is 173 Å². The summed E-state index contributed by atoms with van der Waals surface area (Å²) in [4.78, 5) is 4.75. The highest BCUT2D eigenvalue weighted by molar-refractivity contribution is 5.26. The summed E-state index contributed by atoms with van der Waals surface area (Å²) in [6, 6.07) is 44.2. The van der Waals surface area contributed by atoms with Crippen molar-refractivity contribution in [2.24, 2.45) is 0 Å². The largest absolute Gasteiger partial charge is 0.385 e. The van der Waals surface area contributed by atoms with E-state index in [9.17, 15) is 10.2 Å². The van der Waals surface area contributed by atoms with E-state index >= 15 is 0 Å². The first-order chi connectivity index (χ1) is 19.7. The Morgan fingerprint density at radius 1 is 0.425 bits per heavy atom. The van der Waals surface area contributed by atoms with Crippen LogP contribution >= 0.6 is 0 Å². The number of ether oxygens (including phenoxy) is 2. The Labute approximate surface area is 235 Å². The third-order valence-electron chi connectivity index (χ3n) is 6.80. The van der Waals surface area contributed by atoms with Gasteiger partial charge in [-0.15, -0.1) is 0 Å². The molecule has 0 aliphatic heterocycles. The normalized spacial score (nSPS) is 14.2. The van der Waals surface area contributed by atoms with E-state index in [1.54, 1.807) is 0 Å². The molecule has 5 aromatic rings. The Balaban J connectivity index is 1.30. The lowest BCUT2D eigenvalue weighted by molar-refractivity contribution is -0.0534. The summed E-state index contributed by atoms with van der Waals surface area (Å²) in [5.74, 6) is 0. The predicted molar refractivity (Wildman–Crippen MR) is 155 cm³/mol. The van der Waals surface area contributed by atoms with Crippen molar-refractivity contribution < 1.29 is 19.7 Å². The molecule has 40 heavy (non-hydrogen) atoms. The lowest BCUT2D eigenvalue weighted by Gasteiger charge is -2.25. The molecule has 0 spiro atoms. The molecule has 4 aromatic carbocycles. The fourth-order valence-corrected chi connectivity index (χ4v) is 4.72. The van der Waals surface area contributed by atoms with Crippen LogP contribution in [-0.2, 0) is 22.7 Å². The van der Waals surface area contributed by atoms with E-state index in [2.05, 4.69) is 0 Å². The van der Waals surface area contributed by atoms with Crippen molar-refractivity contribution >= 4 is 0 Å². The van der Waals surface area contributed by atoms with Gasteiger partial charge in [0.05, 0.1) is 24.6 Å². The van der Waals surface area contributed by atoms with Crippen LogP contribution in [0.1, 0.15) is 58.1 Å². The zero-order valence-electron chi connectivity index (χ0n) is 22.2. The van der Waals surface area contributed by atoms with E-state index < -0.39 is 24.4 Å². The molecule has 4 atom stereocenters. The number of aliphatic hydroxyl groups is 2. The first-order valence-electron chi connectivity index (χ1n) is 13.4. The van der Waals surface area contributed by atoms with Crippen LogP contribution in [0.4, 0.5) is 0 Å². The summed E-state index contributed by atoms with van der Waals surface area (Å²) in [6.07, 6.45) is -2.79. The van der Waals surface area contributed by atoms with Crippen LogP contribution in [-0.4, -0.2) is 15.2 Å². The SMILES string of the molecule is O[C@H](c1ccccc1)[C@H](OCc1cccc(CO[C@H](c2ccccc2)[C@H](O)c2ccccc2)n1)c1ccccc1. The molecule has 0 saturated carbocycles. The summed E-state index contributed by atoms with van der Waals surface area (Å²) in [5.41, 5.74) is 4.80. The third-order valence-corrected chi connectivity index (χ3v) is 6.80. The minimum absolute atomic E-state index is 0.214. The van der Waals surface area contributed by atoms with Crippen LogP contribution in [0, 0.1) is 0 Å². The second-order valence-electron chi connectivity index (χ2n) is 9.62. The van der Waals surface area contributed by atoms with Crippen LogP contribution < -0.4 is 0 Å². The molecule has 0 bridgehead atoms. The van der Waals surface area contributed by atoms with Crippen molar-refractivity contribution in [2.75, 3.05) is 0 Å². The van der Waals surface area contributed by atoms with Crippen LogP contribution in [0.15, 0.2) is 140 Å². The van der Waals surface area contributed by atoms with Gasteiger partial charge in [-0.25, -0.2) is 0 Å². The van der Waals surface area contributed by atoms with Gasteiger partial charge in [0.1, 0.15) is 24.4 Å². The summed E-state index contributed by atoms with van der Waals surface area (Å²) in [7, 11) is 0. The van der Waals surface area contributed by atoms with Gasteiger partial charge < -0.3 is 19.7 Å². The lowest BCUT2D eigenvalue weighted by Crippen LogP contribution is -2.16. The second kappa shape index (κ2) is 13.8. The first-order valence-corrected chi connectivity index (χ1v) is 13.4. The molecule has 0 amide bonds. The van der Waals surface area contributed by atoms with Crippen LogP contribution in [0.3, 0.4) is 0 Å². The van der Waals surface area contributed by atoms with Gasteiger partial charge in [-0.1, -0.05) is 127 Å². The summed E-state index contributed by atoms with van der Waals surface area (Å²) < 4.78 is 12.6. The monoisotopic (exact) mass is 531 g/mol. The summed E-state index contributed by atoms with van der Waals surface area (Å²) in [6.45, 7) is 0.429. The average Bonchev–Trinajstić information content (AvgIpc) is 3.03. The molecule has 0 aliphatic carbocycles. The summed E-state index contributed by atoms with van der Waals surface area (Å²) in [5, 5.41) is 22.4. The topological polar surface area (TPSA) is 71.8 Å². The second-order valence-corrected chi connectivity index (χ2v) is 9.62. The molecule has 202 valence electrons. The van der Waals surface area contributed by atoms with E-state index in [0.29, 0.717) is 0 Å². The van der Waals surface area contributed by atoms with E-state index in [1.165, 1.54) is 0 Å². The number of nitrogens with zero attached hydrogens (tertiary/aromatic N) is 1. The molecule has 1 heterocycles. The van der Waals surface area contributed by atoms with E-state index in [0.717, 1.165) is 33.6 Å². The molecule has 1 aromatic heterocycles. The molecule has 0 unspecified atom stereocenters. The smallest absolute Gasteiger partial charge is 0.113 e. The van der Waals surface area contributed by atoms with Gasteiger partial charge in [0.25, 0.3) is 0 Å². The zero-order chi connectivity index (χ0) is 27.6. The minimum Gasteiger partial charge on any atom is -0.385 e. The zero-order valence-corrected chi connectivity index (χ0v) is 22.2. The van der Waals surface area contributed by atoms with Crippen LogP contribution in [0.5, 0.6) is 0 Å². The molecule has 2 N–H and O–H groups in total. The molecule has 5 nitrogen and oxygen atoms in total. The average molecular weight is 532 g/mol. The quantitative estimate of drug-likeness (QED) is 0.180. The maximum absolute atomic E-state index is 11.2. The standard InChI is InChI=1S/C35H33NO4/c37-32(26-14-5-1-6-15-26)34(28-18-9-3-10-19-28)39-24-30-22-13-23-31(36-30)25-40-35(29-20-11-4-12-21-29)33(38)27-16-7-2-8-17-27/h1-23,32-35,37-38H,24-25H2/t32-,33-,34-,35-/m1/s1. The lowest BCUT2D eigenvalue weighted by atomic mass is 9.98. The van der Waals surface area contributed by atoms with Crippen molar-refractivity contribution in [1.29, 1.82) is 0 Å². The van der Waals surface area contributed by atoms with Crippen molar-refractivity contribution in [3.8, 4) is 0 Å². The van der Waals surface area contributed by atoms with E-state index in [-0.39, 0.29) is 13.2 Å². The third kappa shape index (κ3) is 7.08. The van der Waals surface area contributed by atoms with E-state index in [1.807, 2.05) is 140 Å². The van der Waals surface area contributed by atoms with Crippen molar-refractivity contribution in [2.45, 2.75) is 37.6 Å².